The summed E-state index contributed by atoms with van der Waals surface area (Å²) >= 11 is 1.58. The molecule has 0 fully saturated rings. The molecule has 0 saturated heterocycles. The van der Waals surface area contributed by atoms with E-state index in [1.165, 1.54) is 5.56 Å². The molecule has 1 aliphatic rings. The monoisotopic (exact) mass is 283 g/mol. The second-order valence-corrected chi connectivity index (χ2v) is 6.76. The summed E-state index contributed by atoms with van der Waals surface area (Å²) in [6.45, 7) is 2.02. The Morgan fingerprint density at radius 3 is 2.80 bits per heavy atom. The van der Waals surface area contributed by atoms with Crippen molar-refractivity contribution in [2.75, 3.05) is 0 Å². The topological polar surface area (TPSA) is 44.0 Å². The molecule has 1 aliphatic carbocycles. The molecule has 20 heavy (non-hydrogen) atoms. The number of fused-ring (bicyclic) bond motifs is 1. The fourth-order valence-electron chi connectivity index (χ4n) is 3.17. The molecule has 0 bridgehead atoms. The minimum atomic E-state index is -0.799. The van der Waals surface area contributed by atoms with Gasteiger partial charge in [0.1, 0.15) is 11.5 Å². The zero-order valence-corrected chi connectivity index (χ0v) is 12.3. The number of aryl methyl sites for hydroxylation is 2. The van der Waals surface area contributed by atoms with Gasteiger partial charge in [-0.3, -0.25) is 0 Å². The van der Waals surface area contributed by atoms with Crippen molar-refractivity contribution in [1.82, 2.24) is 0 Å². The Kier molecular flexibility index (Phi) is 3.37. The first-order valence-corrected chi connectivity index (χ1v) is 7.73. The number of hydrogen-bond donors (Lipinski definition) is 1. The lowest BCUT2D eigenvalue weighted by Gasteiger charge is -2.36. The van der Waals surface area contributed by atoms with Crippen molar-refractivity contribution in [3.05, 3.63) is 57.3 Å². The van der Waals surface area contributed by atoms with E-state index >= 15 is 0 Å². The van der Waals surface area contributed by atoms with E-state index in [0.717, 1.165) is 34.6 Å². The Bertz CT molecular complexity index is 670. The Hall–Kier alpha value is -1.63. The first kappa shape index (κ1) is 13.4. The van der Waals surface area contributed by atoms with Gasteiger partial charge >= 0.3 is 0 Å². The number of benzene rings is 1. The van der Waals surface area contributed by atoms with Gasteiger partial charge in [-0.15, -0.1) is 11.3 Å². The van der Waals surface area contributed by atoms with Crippen LogP contribution in [0, 0.1) is 18.3 Å². The Balaban J connectivity index is 2.12. The van der Waals surface area contributed by atoms with Gasteiger partial charge in [0.25, 0.3) is 0 Å². The molecular weight excluding hydrogens is 266 g/mol. The van der Waals surface area contributed by atoms with E-state index in [1.54, 1.807) is 11.3 Å². The van der Waals surface area contributed by atoms with Crippen LogP contribution in [0.15, 0.2) is 36.4 Å². The van der Waals surface area contributed by atoms with Crippen molar-refractivity contribution in [2.45, 2.75) is 37.7 Å². The van der Waals surface area contributed by atoms with Gasteiger partial charge in [0.05, 0.1) is 6.07 Å². The molecule has 0 radical (unpaired) electrons. The predicted molar refractivity (Wildman–Crippen MR) is 80.7 cm³/mol. The van der Waals surface area contributed by atoms with Crippen molar-refractivity contribution >= 4 is 11.3 Å². The molecule has 2 atom stereocenters. The Morgan fingerprint density at radius 2 is 2.10 bits per heavy atom. The van der Waals surface area contributed by atoms with Gasteiger partial charge in [0.2, 0.25) is 0 Å². The maximum absolute atomic E-state index is 10.8. The predicted octanol–water partition coefficient (Wildman–Crippen LogP) is 3.89. The highest BCUT2D eigenvalue weighted by molar-refractivity contribution is 7.12. The van der Waals surface area contributed by atoms with E-state index in [0.29, 0.717) is 0 Å². The second-order valence-electron chi connectivity index (χ2n) is 5.44. The number of aliphatic hydroxyl groups excluding tert-OH is 1. The van der Waals surface area contributed by atoms with E-state index < -0.39 is 11.5 Å². The van der Waals surface area contributed by atoms with Crippen LogP contribution in [-0.4, -0.2) is 5.11 Å². The Labute approximate surface area is 123 Å². The first-order valence-electron chi connectivity index (χ1n) is 6.91. The number of thiophene rings is 1. The third kappa shape index (κ3) is 1.96. The van der Waals surface area contributed by atoms with Crippen LogP contribution in [-0.2, 0) is 11.8 Å². The summed E-state index contributed by atoms with van der Waals surface area (Å²) in [5.41, 5.74) is 1.41. The third-order valence-electron chi connectivity index (χ3n) is 4.21. The maximum Gasteiger partial charge on any atom is 0.113 e. The summed E-state index contributed by atoms with van der Waals surface area (Å²) in [5.74, 6) is 0. The number of rotatable bonds is 2. The van der Waals surface area contributed by atoms with Gasteiger partial charge < -0.3 is 5.11 Å². The molecule has 2 nitrogen and oxygen atoms in total. The van der Waals surface area contributed by atoms with Gasteiger partial charge in [-0.1, -0.05) is 24.3 Å². The van der Waals surface area contributed by atoms with Crippen LogP contribution in [0.5, 0.6) is 0 Å². The summed E-state index contributed by atoms with van der Waals surface area (Å²) in [7, 11) is 0. The van der Waals surface area contributed by atoms with Crippen molar-refractivity contribution in [1.29, 1.82) is 5.26 Å². The molecule has 1 N–H and O–H groups in total. The molecular formula is C17H17NOS. The first-order chi connectivity index (χ1) is 9.67. The average Bonchev–Trinajstić information content (AvgIpc) is 2.92. The quantitative estimate of drug-likeness (QED) is 0.908. The van der Waals surface area contributed by atoms with Gasteiger partial charge in [0, 0.05) is 9.75 Å². The summed E-state index contributed by atoms with van der Waals surface area (Å²) < 4.78 is 0. The summed E-state index contributed by atoms with van der Waals surface area (Å²) in [4.78, 5) is 2.05. The lowest BCUT2D eigenvalue weighted by Crippen LogP contribution is -2.35. The normalized spacial score (nSPS) is 22.9. The van der Waals surface area contributed by atoms with Crippen LogP contribution in [0.3, 0.4) is 0 Å². The van der Waals surface area contributed by atoms with E-state index in [-0.39, 0.29) is 0 Å². The zero-order valence-electron chi connectivity index (χ0n) is 11.5. The molecule has 3 heteroatoms. The van der Waals surface area contributed by atoms with Gasteiger partial charge in [-0.2, -0.15) is 5.26 Å². The van der Waals surface area contributed by atoms with Crippen LogP contribution in [0.4, 0.5) is 0 Å². The lowest BCUT2D eigenvalue weighted by molar-refractivity contribution is 0.103. The third-order valence-corrected chi connectivity index (χ3v) is 5.27. The van der Waals surface area contributed by atoms with Crippen LogP contribution >= 0.6 is 11.3 Å². The fourth-order valence-corrected chi connectivity index (χ4v) is 4.13. The van der Waals surface area contributed by atoms with E-state index in [2.05, 4.69) is 12.1 Å². The smallest absolute Gasteiger partial charge is 0.113 e. The number of nitriles is 1. The zero-order chi connectivity index (χ0) is 14.2. The van der Waals surface area contributed by atoms with Crippen LogP contribution < -0.4 is 0 Å². The largest absolute Gasteiger partial charge is 0.386 e. The van der Waals surface area contributed by atoms with Crippen LogP contribution in [0.1, 0.15) is 39.8 Å². The summed E-state index contributed by atoms with van der Waals surface area (Å²) in [6, 6.07) is 14.4. The number of nitrogens with zero attached hydrogens (tertiary/aromatic N) is 1. The summed E-state index contributed by atoms with van der Waals surface area (Å²) in [5, 5.41) is 20.7. The highest BCUT2D eigenvalue weighted by atomic mass is 32.1. The molecule has 1 aromatic carbocycles. The second kappa shape index (κ2) is 5.05. The van der Waals surface area contributed by atoms with Gasteiger partial charge in [-0.05, 0) is 49.4 Å². The molecule has 3 rings (SSSR count). The molecule has 0 aliphatic heterocycles. The van der Waals surface area contributed by atoms with Crippen molar-refractivity contribution in [3.8, 4) is 6.07 Å². The summed E-state index contributed by atoms with van der Waals surface area (Å²) in [6.07, 6.45) is 1.92. The van der Waals surface area contributed by atoms with Crippen LogP contribution in [0.2, 0.25) is 0 Å². The SMILES string of the molecule is Cc1ccc(C(O)C2(C#N)CCCc3ccccc32)s1. The molecule has 1 heterocycles. The standard InChI is InChI=1S/C17H17NOS/c1-12-8-9-15(20-12)16(19)17(11-18)10-4-6-13-5-2-3-7-14(13)17/h2-3,5,7-9,16,19H,4,6,10H2,1H3. The lowest BCUT2D eigenvalue weighted by atomic mass is 9.67. The Morgan fingerprint density at radius 1 is 1.30 bits per heavy atom. The average molecular weight is 283 g/mol. The number of hydrogen-bond acceptors (Lipinski definition) is 3. The molecule has 102 valence electrons. The maximum atomic E-state index is 10.8. The fraction of sp³-hybridized carbons (Fsp3) is 0.353. The molecule has 1 aromatic heterocycles. The highest BCUT2D eigenvalue weighted by Gasteiger charge is 2.44. The minimum Gasteiger partial charge on any atom is -0.386 e. The van der Waals surface area contributed by atoms with Crippen molar-refractivity contribution in [3.63, 3.8) is 0 Å². The molecule has 0 saturated carbocycles. The van der Waals surface area contributed by atoms with Gasteiger partial charge in [-0.25, -0.2) is 0 Å². The molecule has 2 aromatic rings. The highest BCUT2D eigenvalue weighted by Crippen LogP contribution is 2.46. The van der Waals surface area contributed by atoms with E-state index in [4.69, 9.17) is 0 Å². The molecule has 0 amide bonds. The molecule has 0 spiro atoms. The van der Waals surface area contributed by atoms with Crippen molar-refractivity contribution < 1.29 is 5.11 Å². The molecule has 2 unspecified atom stereocenters. The van der Waals surface area contributed by atoms with E-state index in [9.17, 15) is 10.4 Å². The van der Waals surface area contributed by atoms with Crippen molar-refractivity contribution in [2.24, 2.45) is 0 Å². The van der Waals surface area contributed by atoms with Gasteiger partial charge in [0.15, 0.2) is 0 Å². The van der Waals surface area contributed by atoms with E-state index in [1.807, 2.05) is 37.3 Å². The number of aliphatic hydroxyl groups is 1. The van der Waals surface area contributed by atoms with Crippen LogP contribution in [0.25, 0.3) is 0 Å². The minimum absolute atomic E-state index is 0.721.